The van der Waals surface area contributed by atoms with Crippen LogP contribution in [0.5, 0.6) is 0 Å². The van der Waals surface area contributed by atoms with Crippen molar-refractivity contribution in [3.63, 3.8) is 0 Å². The Labute approximate surface area is 99.8 Å². The molecule has 1 aliphatic heterocycles. The third kappa shape index (κ3) is 1.95. The minimum absolute atomic E-state index is 0.0426. The molecule has 5 nitrogen and oxygen atoms in total. The van der Waals surface area contributed by atoms with E-state index in [0.717, 1.165) is 11.3 Å². The highest BCUT2D eigenvalue weighted by Gasteiger charge is 2.32. The van der Waals surface area contributed by atoms with Gasteiger partial charge in [0.15, 0.2) is 0 Å². The van der Waals surface area contributed by atoms with Gasteiger partial charge in [-0.15, -0.1) is 11.3 Å². The third-order valence-corrected chi connectivity index (χ3v) is 7.08. The van der Waals surface area contributed by atoms with Gasteiger partial charge in [-0.3, -0.25) is 4.21 Å². The fourth-order valence-corrected chi connectivity index (χ4v) is 5.69. The number of aliphatic hydroxyl groups is 1. The second kappa shape index (κ2) is 3.88. The first-order valence-electron chi connectivity index (χ1n) is 4.56. The molecule has 2 heterocycles. The maximum Gasteiger partial charge on any atom is 0.247 e. The van der Waals surface area contributed by atoms with E-state index in [1.807, 2.05) is 0 Å². The van der Waals surface area contributed by atoms with E-state index < -0.39 is 26.9 Å². The van der Waals surface area contributed by atoms with Gasteiger partial charge in [0.1, 0.15) is 4.21 Å². The largest absolute Gasteiger partial charge is 0.388 e. The van der Waals surface area contributed by atoms with Crippen LogP contribution in [0.4, 0.5) is 0 Å². The van der Waals surface area contributed by atoms with Gasteiger partial charge in [0.2, 0.25) is 10.0 Å². The Morgan fingerprint density at radius 3 is 2.81 bits per heavy atom. The van der Waals surface area contributed by atoms with Crippen molar-refractivity contribution in [1.82, 2.24) is 0 Å². The Morgan fingerprint density at radius 2 is 2.25 bits per heavy atom. The molecule has 1 aliphatic rings. The van der Waals surface area contributed by atoms with Crippen molar-refractivity contribution in [3.8, 4) is 0 Å². The summed E-state index contributed by atoms with van der Waals surface area (Å²) in [4.78, 5) is 0. The number of fused-ring (bicyclic) bond motifs is 1. The molecule has 1 aromatic heterocycles. The highest BCUT2D eigenvalue weighted by atomic mass is 32.3. The van der Waals surface area contributed by atoms with Gasteiger partial charge in [-0.1, -0.05) is 6.92 Å². The number of hydrogen-bond acceptors (Lipinski definition) is 5. The van der Waals surface area contributed by atoms with Gasteiger partial charge in [0.25, 0.3) is 0 Å². The van der Waals surface area contributed by atoms with Gasteiger partial charge < -0.3 is 5.11 Å². The van der Waals surface area contributed by atoms with Gasteiger partial charge in [-0.05, 0) is 12.5 Å². The molecule has 3 atom stereocenters. The van der Waals surface area contributed by atoms with Crippen molar-refractivity contribution in [1.29, 1.82) is 0 Å². The second-order valence-electron chi connectivity index (χ2n) is 3.71. The van der Waals surface area contributed by atoms with E-state index in [4.69, 9.17) is 5.14 Å². The molecule has 0 aromatic carbocycles. The molecule has 0 spiro atoms. The molecule has 0 saturated carbocycles. The summed E-state index contributed by atoms with van der Waals surface area (Å²) in [7, 11) is -5.04. The maximum absolute atomic E-state index is 11.9. The highest BCUT2D eigenvalue weighted by Crippen LogP contribution is 2.40. The molecule has 0 fully saturated rings. The molecular formula is C8H11NO4S3. The molecule has 0 radical (unpaired) electrons. The summed E-state index contributed by atoms with van der Waals surface area (Å²) in [5, 5.41) is 14.6. The summed E-state index contributed by atoms with van der Waals surface area (Å²) in [6, 6.07) is 1.32. The molecule has 90 valence electrons. The first-order chi connectivity index (χ1) is 7.30. The molecular weight excluding hydrogens is 270 g/mol. The van der Waals surface area contributed by atoms with Gasteiger partial charge in [-0.25, -0.2) is 13.6 Å². The van der Waals surface area contributed by atoms with Crippen LogP contribution in [0.25, 0.3) is 0 Å². The highest BCUT2D eigenvalue weighted by molar-refractivity contribution is 7.92. The summed E-state index contributed by atoms with van der Waals surface area (Å²) in [6.45, 7) is 1.76. The van der Waals surface area contributed by atoms with Crippen LogP contribution in [0, 0.1) is 0 Å². The van der Waals surface area contributed by atoms with E-state index in [9.17, 15) is 17.7 Å². The van der Waals surface area contributed by atoms with Crippen molar-refractivity contribution in [2.24, 2.45) is 5.14 Å². The zero-order valence-corrected chi connectivity index (χ0v) is 10.9. The predicted octanol–water partition coefficient (Wildman–Crippen LogP) is 0.329. The standard InChI is InChI=1S/C8H11NO4S3/c1-4-2-6(10)5-3-7(16(9,12)13)14-8(5)15(4)11/h3-4,6,10H,2H2,1H3,(H2,9,12,13). The minimum Gasteiger partial charge on any atom is -0.388 e. The van der Waals surface area contributed by atoms with Crippen LogP contribution in [-0.2, 0) is 20.8 Å². The Hall–Kier alpha value is -0.280. The number of nitrogens with two attached hydrogens (primary N) is 1. The lowest BCUT2D eigenvalue weighted by atomic mass is 10.1. The molecule has 8 heteroatoms. The molecule has 2 rings (SSSR count). The zero-order valence-electron chi connectivity index (χ0n) is 8.41. The molecule has 0 bridgehead atoms. The van der Waals surface area contributed by atoms with Crippen LogP contribution in [-0.4, -0.2) is 23.0 Å². The number of rotatable bonds is 1. The predicted molar refractivity (Wildman–Crippen MR) is 61.1 cm³/mol. The summed E-state index contributed by atoms with van der Waals surface area (Å²) in [5.74, 6) is 0. The van der Waals surface area contributed by atoms with E-state index in [1.54, 1.807) is 6.92 Å². The summed E-state index contributed by atoms with van der Waals surface area (Å²) in [6.07, 6.45) is -0.380. The molecule has 0 amide bonds. The zero-order chi connectivity index (χ0) is 12.1. The lowest BCUT2D eigenvalue weighted by Gasteiger charge is -2.22. The number of aliphatic hydroxyl groups excluding tert-OH is 1. The van der Waals surface area contributed by atoms with E-state index in [-0.39, 0.29) is 9.46 Å². The third-order valence-electron chi connectivity index (χ3n) is 2.45. The summed E-state index contributed by atoms with van der Waals surface area (Å²) >= 11 is 0.885. The van der Waals surface area contributed by atoms with Gasteiger partial charge in [0.05, 0.1) is 21.1 Å². The maximum atomic E-state index is 11.9. The van der Waals surface area contributed by atoms with Crippen molar-refractivity contribution < 1.29 is 17.7 Å². The number of sulfonamides is 1. The Balaban J connectivity index is 2.59. The average molecular weight is 281 g/mol. The second-order valence-corrected chi connectivity index (χ2v) is 8.62. The molecule has 0 aliphatic carbocycles. The van der Waals surface area contributed by atoms with Crippen LogP contribution in [0.1, 0.15) is 25.0 Å². The first kappa shape index (κ1) is 12.2. The van der Waals surface area contributed by atoms with Crippen LogP contribution < -0.4 is 5.14 Å². The van der Waals surface area contributed by atoms with Crippen molar-refractivity contribution in [2.45, 2.75) is 33.1 Å². The molecule has 1 aromatic rings. The topological polar surface area (TPSA) is 97.5 Å². The SMILES string of the molecule is CC1CC(O)c2cc(S(N)(=O)=O)sc2S1=O. The van der Waals surface area contributed by atoms with E-state index in [2.05, 4.69) is 0 Å². The van der Waals surface area contributed by atoms with Crippen LogP contribution in [0.15, 0.2) is 14.5 Å². The monoisotopic (exact) mass is 281 g/mol. The van der Waals surface area contributed by atoms with Gasteiger partial charge >= 0.3 is 0 Å². The molecule has 16 heavy (non-hydrogen) atoms. The van der Waals surface area contributed by atoms with E-state index in [0.29, 0.717) is 16.2 Å². The number of primary sulfonamides is 1. The van der Waals surface area contributed by atoms with Crippen LogP contribution in [0.3, 0.4) is 0 Å². The minimum atomic E-state index is -3.79. The van der Waals surface area contributed by atoms with Crippen LogP contribution in [0.2, 0.25) is 0 Å². The fraction of sp³-hybridized carbons (Fsp3) is 0.500. The smallest absolute Gasteiger partial charge is 0.247 e. The lowest BCUT2D eigenvalue weighted by Crippen LogP contribution is -2.21. The van der Waals surface area contributed by atoms with Gasteiger partial charge in [0, 0.05) is 10.8 Å². The Bertz CT molecular complexity index is 548. The molecule has 3 N–H and O–H groups in total. The lowest BCUT2D eigenvalue weighted by molar-refractivity contribution is 0.162. The van der Waals surface area contributed by atoms with Gasteiger partial charge in [-0.2, -0.15) is 0 Å². The normalized spacial score (nSPS) is 30.1. The van der Waals surface area contributed by atoms with Crippen LogP contribution >= 0.6 is 11.3 Å². The Morgan fingerprint density at radius 1 is 1.62 bits per heavy atom. The van der Waals surface area contributed by atoms with E-state index in [1.165, 1.54) is 6.07 Å². The Kier molecular flexibility index (Phi) is 2.96. The average Bonchev–Trinajstić information content (AvgIpc) is 2.58. The van der Waals surface area contributed by atoms with Crippen molar-refractivity contribution in [3.05, 3.63) is 11.6 Å². The number of hydrogen-bond donors (Lipinski definition) is 2. The van der Waals surface area contributed by atoms with E-state index >= 15 is 0 Å². The van der Waals surface area contributed by atoms with Crippen molar-refractivity contribution >= 4 is 32.2 Å². The quantitative estimate of drug-likeness (QED) is 0.775. The fourth-order valence-electron chi connectivity index (χ4n) is 1.61. The van der Waals surface area contributed by atoms with Crippen molar-refractivity contribution in [2.75, 3.05) is 0 Å². The molecule has 3 unspecified atom stereocenters. The first-order valence-corrected chi connectivity index (χ1v) is 8.13. The summed E-state index contributed by atoms with van der Waals surface area (Å²) < 4.78 is 34.6. The summed E-state index contributed by atoms with van der Waals surface area (Å²) in [5.41, 5.74) is 0.436. The molecule has 0 saturated heterocycles. The number of thiophene rings is 1.